The highest BCUT2D eigenvalue weighted by Gasteiger charge is 2.18. The van der Waals surface area contributed by atoms with E-state index < -0.39 is 0 Å². The van der Waals surface area contributed by atoms with Crippen molar-refractivity contribution in [1.82, 2.24) is 0 Å². The van der Waals surface area contributed by atoms with Crippen LogP contribution in [0.2, 0.25) is 0 Å². The number of aliphatic hydroxyl groups is 2. The van der Waals surface area contributed by atoms with Gasteiger partial charge in [0.1, 0.15) is 26.2 Å². The second kappa shape index (κ2) is 14.8. The fourth-order valence-electron chi connectivity index (χ4n) is 3.31. The lowest BCUT2D eigenvalue weighted by Crippen LogP contribution is -2.44. The summed E-state index contributed by atoms with van der Waals surface area (Å²) in [7, 11) is 8.08. The molecule has 0 amide bonds. The van der Waals surface area contributed by atoms with Crippen LogP contribution >= 0.6 is 0 Å². The second-order valence-corrected chi connectivity index (χ2v) is 9.46. The van der Waals surface area contributed by atoms with Gasteiger partial charge in [-0.2, -0.15) is 4.65 Å². The van der Waals surface area contributed by atoms with Crippen molar-refractivity contribution in [3.05, 3.63) is 29.3 Å². The molecule has 2 N–H and O–H groups in total. The molecule has 0 saturated carbocycles. The van der Waals surface area contributed by atoms with Gasteiger partial charge in [0.05, 0.1) is 67.8 Å². The van der Waals surface area contributed by atoms with Crippen molar-refractivity contribution in [3.8, 4) is 0 Å². The SMILES string of the molecule is Cc1ccc(C)c(N(CCOCCOCC[N+](C)(C)CCO)CCO[N+](C)(C)CCO)c1. The molecule has 0 aromatic heterocycles. The number of aryl methyl sites for hydroxylation is 2. The van der Waals surface area contributed by atoms with E-state index in [9.17, 15) is 5.11 Å². The topological polar surface area (TPSA) is 71.4 Å². The second-order valence-electron chi connectivity index (χ2n) is 9.46. The molecule has 0 unspecified atom stereocenters. The highest BCUT2D eigenvalue weighted by Crippen LogP contribution is 2.21. The van der Waals surface area contributed by atoms with Gasteiger partial charge >= 0.3 is 0 Å². The van der Waals surface area contributed by atoms with Gasteiger partial charge in [0.15, 0.2) is 0 Å². The average molecular weight is 458 g/mol. The number of quaternary nitrogens is 2. The Morgan fingerprint density at radius 1 is 0.781 bits per heavy atom. The van der Waals surface area contributed by atoms with Crippen LogP contribution in [0.3, 0.4) is 0 Å². The number of benzene rings is 1. The van der Waals surface area contributed by atoms with Gasteiger partial charge in [0, 0.05) is 18.8 Å². The van der Waals surface area contributed by atoms with Crippen molar-refractivity contribution in [2.45, 2.75) is 13.8 Å². The summed E-state index contributed by atoms with van der Waals surface area (Å²) in [5.74, 6) is 0. The molecule has 0 saturated heterocycles. The smallest absolute Gasteiger partial charge is 0.132 e. The standard InChI is InChI=1S/C24H47N3O5/c1-22-7-8-23(2)24(21-22)25(10-17-32-27(5,6)12-15-29)9-16-30-19-20-31-18-13-26(3,4)11-14-28/h7-8,21,28-29H,9-20H2,1-6H3/q+2. The first-order valence-electron chi connectivity index (χ1n) is 11.6. The largest absolute Gasteiger partial charge is 0.391 e. The highest BCUT2D eigenvalue weighted by molar-refractivity contribution is 5.54. The molecule has 0 bridgehead atoms. The van der Waals surface area contributed by atoms with Crippen molar-refractivity contribution in [3.63, 3.8) is 0 Å². The predicted octanol–water partition coefficient (Wildman–Crippen LogP) is 1.21. The van der Waals surface area contributed by atoms with Crippen LogP contribution in [0, 0.1) is 13.8 Å². The molecule has 8 nitrogen and oxygen atoms in total. The van der Waals surface area contributed by atoms with Gasteiger partial charge in [-0.05, 0) is 31.0 Å². The van der Waals surface area contributed by atoms with E-state index in [0.29, 0.717) is 44.2 Å². The molecule has 8 heteroatoms. The number of hydrogen-bond donors (Lipinski definition) is 2. The lowest BCUT2D eigenvalue weighted by Gasteiger charge is -2.30. The Hall–Kier alpha value is -1.26. The third-order valence-corrected chi connectivity index (χ3v) is 5.57. The maximum atomic E-state index is 9.20. The molecular weight excluding hydrogens is 410 g/mol. The zero-order valence-electron chi connectivity index (χ0n) is 21.2. The van der Waals surface area contributed by atoms with E-state index in [4.69, 9.17) is 19.4 Å². The molecule has 0 aliphatic rings. The van der Waals surface area contributed by atoms with E-state index in [0.717, 1.165) is 30.7 Å². The number of hydrogen-bond acceptors (Lipinski definition) is 6. The normalized spacial score (nSPS) is 12.4. The van der Waals surface area contributed by atoms with Crippen LogP contribution < -0.4 is 4.90 Å². The Morgan fingerprint density at radius 2 is 1.41 bits per heavy atom. The van der Waals surface area contributed by atoms with E-state index in [1.807, 2.05) is 14.1 Å². The minimum absolute atomic E-state index is 0.0988. The Bertz CT molecular complexity index is 640. The van der Waals surface area contributed by atoms with Crippen LogP contribution in [0.5, 0.6) is 0 Å². The quantitative estimate of drug-likeness (QED) is 0.196. The third kappa shape index (κ3) is 12.1. The van der Waals surface area contributed by atoms with Gasteiger partial charge in [-0.25, -0.2) is 4.84 Å². The van der Waals surface area contributed by atoms with Crippen molar-refractivity contribution < 1.29 is 33.7 Å². The number of anilines is 1. The molecule has 0 spiro atoms. The molecule has 1 aromatic carbocycles. The minimum atomic E-state index is 0.0988. The predicted molar refractivity (Wildman–Crippen MR) is 129 cm³/mol. The summed E-state index contributed by atoms with van der Waals surface area (Å²) in [6.07, 6.45) is 0. The van der Waals surface area contributed by atoms with Gasteiger partial charge < -0.3 is 29.1 Å². The summed E-state index contributed by atoms with van der Waals surface area (Å²) in [6.45, 7) is 11.1. The zero-order chi connectivity index (χ0) is 24.0. The van der Waals surface area contributed by atoms with E-state index in [1.165, 1.54) is 16.8 Å². The third-order valence-electron chi connectivity index (χ3n) is 5.57. The van der Waals surface area contributed by atoms with Crippen LogP contribution in [0.25, 0.3) is 0 Å². The van der Waals surface area contributed by atoms with E-state index in [2.05, 4.69) is 51.0 Å². The van der Waals surface area contributed by atoms with Gasteiger partial charge in [0.25, 0.3) is 0 Å². The van der Waals surface area contributed by atoms with Crippen LogP contribution in [0.1, 0.15) is 11.1 Å². The summed E-state index contributed by atoms with van der Waals surface area (Å²) in [4.78, 5) is 8.27. The summed E-state index contributed by atoms with van der Waals surface area (Å²) < 4.78 is 12.6. The molecule has 0 atom stereocenters. The lowest BCUT2D eigenvalue weighted by molar-refractivity contribution is -1.08. The maximum Gasteiger partial charge on any atom is 0.132 e. The Morgan fingerprint density at radius 3 is 2.06 bits per heavy atom. The fourth-order valence-corrected chi connectivity index (χ4v) is 3.31. The monoisotopic (exact) mass is 457 g/mol. The molecule has 186 valence electrons. The molecule has 0 heterocycles. The lowest BCUT2D eigenvalue weighted by atomic mass is 10.1. The number of hydroxylamine groups is 3. The number of nitrogens with zero attached hydrogens (tertiary/aromatic N) is 3. The molecule has 32 heavy (non-hydrogen) atoms. The molecule has 0 aliphatic heterocycles. The van der Waals surface area contributed by atoms with Crippen molar-refractivity contribution in [2.75, 3.05) is 112 Å². The summed E-state index contributed by atoms with van der Waals surface area (Å²) in [6, 6.07) is 6.48. The number of likely N-dealkylation sites (N-methyl/N-ethyl adjacent to an activating group) is 2. The summed E-state index contributed by atoms with van der Waals surface area (Å²) in [5, 5.41) is 18.3. The average Bonchev–Trinajstić information content (AvgIpc) is 2.70. The zero-order valence-corrected chi connectivity index (χ0v) is 21.2. The molecule has 0 fully saturated rings. The number of rotatable bonds is 18. The molecular formula is C24H47N3O5+2. The van der Waals surface area contributed by atoms with Crippen LogP contribution in [-0.2, 0) is 14.3 Å². The van der Waals surface area contributed by atoms with Gasteiger partial charge in [-0.1, -0.05) is 12.1 Å². The first-order valence-corrected chi connectivity index (χ1v) is 11.6. The first kappa shape index (κ1) is 28.8. The molecule has 0 radical (unpaired) electrons. The molecule has 1 rings (SSSR count). The van der Waals surface area contributed by atoms with Gasteiger partial charge in [-0.3, -0.25) is 0 Å². The van der Waals surface area contributed by atoms with Gasteiger partial charge in [-0.15, -0.1) is 0 Å². The van der Waals surface area contributed by atoms with Crippen molar-refractivity contribution in [2.24, 2.45) is 0 Å². The van der Waals surface area contributed by atoms with Crippen molar-refractivity contribution >= 4 is 5.69 Å². The Labute approximate surface area is 195 Å². The van der Waals surface area contributed by atoms with E-state index in [1.54, 1.807) is 0 Å². The molecule has 1 aromatic rings. The van der Waals surface area contributed by atoms with E-state index >= 15 is 0 Å². The Kier molecular flexibility index (Phi) is 13.3. The van der Waals surface area contributed by atoms with Crippen LogP contribution in [0.4, 0.5) is 5.69 Å². The van der Waals surface area contributed by atoms with E-state index in [-0.39, 0.29) is 13.2 Å². The van der Waals surface area contributed by atoms with Crippen LogP contribution in [-0.4, -0.2) is 127 Å². The summed E-state index contributed by atoms with van der Waals surface area (Å²) in [5.41, 5.74) is 3.65. The fraction of sp³-hybridized carbons (Fsp3) is 0.750. The number of ether oxygens (including phenoxy) is 2. The summed E-state index contributed by atoms with van der Waals surface area (Å²) >= 11 is 0. The molecule has 0 aliphatic carbocycles. The van der Waals surface area contributed by atoms with Crippen LogP contribution in [0.15, 0.2) is 18.2 Å². The van der Waals surface area contributed by atoms with Crippen molar-refractivity contribution in [1.29, 1.82) is 0 Å². The minimum Gasteiger partial charge on any atom is -0.391 e. The first-order chi connectivity index (χ1) is 15.1. The Balaban J connectivity index is 2.45. The van der Waals surface area contributed by atoms with Gasteiger partial charge in [0.2, 0.25) is 0 Å². The highest BCUT2D eigenvalue weighted by atomic mass is 16.7. The number of aliphatic hydroxyl groups excluding tert-OH is 2. The maximum absolute atomic E-state index is 9.20.